The number of aryl methyl sites for hydroxylation is 1. The molecule has 1 aromatic heterocycles. The van der Waals surface area contributed by atoms with Crippen LogP contribution < -0.4 is 0 Å². The van der Waals surface area contributed by atoms with E-state index >= 15 is 0 Å². The number of aromatic nitrogens is 3. The second kappa shape index (κ2) is 4.89. The van der Waals surface area contributed by atoms with Gasteiger partial charge < -0.3 is 4.57 Å². The molecular formula is C14H17N3OS. The minimum atomic E-state index is -1.16. The smallest absolute Gasteiger partial charge is 0.222 e. The molecule has 1 aromatic carbocycles. The Labute approximate surface area is 115 Å². The van der Waals surface area contributed by atoms with Crippen LogP contribution in [0.4, 0.5) is 0 Å². The number of nitrogens with zero attached hydrogens (tertiary/aromatic N) is 3. The van der Waals surface area contributed by atoms with Gasteiger partial charge in [0.05, 0.1) is 16.0 Å². The highest BCUT2D eigenvalue weighted by Crippen LogP contribution is 2.38. The Morgan fingerprint density at radius 2 is 1.95 bits per heavy atom. The topological polar surface area (TPSA) is 47.8 Å². The third-order valence-corrected chi connectivity index (χ3v) is 5.07. The van der Waals surface area contributed by atoms with Gasteiger partial charge in [-0.2, -0.15) is 0 Å². The Morgan fingerprint density at radius 3 is 2.58 bits per heavy atom. The molecule has 1 fully saturated rings. The first-order chi connectivity index (χ1) is 9.18. The maximum absolute atomic E-state index is 12.7. The minimum Gasteiger partial charge on any atom is -0.301 e. The van der Waals surface area contributed by atoms with Gasteiger partial charge in [-0.3, -0.25) is 4.21 Å². The van der Waals surface area contributed by atoms with Crippen LogP contribution in [0.3, 0.4) is 0 Å². The number of benzene rings is 1. The fourth-order valence-electron chi connectivity index (χ4n) is 2.25. The molecule has 1 saturated carbocycles. The molecule has 19 heavy (non-hydrogen) atoms. The van der Waals surface area contributed by atoms with Crippen molar-refractivity contribution in [2.24, 2.45) is 0 Å². The van der Waals surface area contributed by atoms with Gasteiger partial charge in [-0.15, -0.1) is 10.2 Å². The van der Waals surface area contributed by atoms with Gasteiger partial charge in [0.1, 0.15) is 5.82 Å². The zero-order valence-electron chi connectivity index (χ0n) is 11.1. The van der Waals surface area contributed by atoms with E-state index in [1.807, 2.05) is 44.2 Å². The first-order valence-electron chi connectivity index (χ1n) is 6.55. The zero-order valence-corrected chi connectivity index (χ0v) is 11.9. The normalized spacial score (nSPS) is 18.2. The highest BCUT2D eigenvalue weighted by atomic mass is 32.2. The van der Waals surface area contributed by atoms with Gasteiger partial charge in [-0.1, -0.05) is 30.3 Å². The SMILES string of the molecule is Cc1nnc(S(=O)C(C)c2ccccc2)n1C1CC1. The molecule has 3 rings (SSSR count). The maximum Gasteiger partial charge on any atom is 0.222 e. The Bertz CT molecular complexity index is 604. The van der Waals surface area contributed by atoms with Gasteiger partial charge in [-0.05, 0) is 32.3 Å². The lowest BCUT2D eigenvalue weighted by atomic mass is 10.2. The second-order valence-electron chi connectivity index (χ2n) is 4.98. The van der Waals surface area contributed by atoms with Crippen LogP contribution in [0.25, 0.3) is 0 Å². The summed E-state index contributed by atoms with van der Waals surface area (Å²) in [6, 6.07) is 10.4. The fraction of sp³-hybridized carbons (Fsp3) is 0.429. The van der Waals surface area contributed by atoms with E-state index in [4.69, 9.17) is 0 Å². The van der Waals surface area contributed by atoms with Gasteiger partial charge in [0.15, 0.2) is 0 Å². The molecule has 0 saturated heterocycles. The summed E-state index contributed by atoms with van der Waals surface area (Å²) < 4.78 is 14.8. The van der Waals surface area contributed by atoms with E-state index < -0.39 is 10.8 Å². The summed E-state index contributed by atoms with van der Waals surface area (Å²) in [7, 11) is -1.16. The van der Waals surface area contributed by atoms with Gasteiger partial charge in [0.25, 0.3) is 0 Å². The van der Waals surface area contributed by atoms with Crippen LogP contribution in [0.5, 0.6) is 0 Å². The largest absolute Gasteiger partial charge is 0.301 e. The van der Waals surface area contributed by atoms with Crippen LogP contribution in [0, 0.1) is 6.92 Å². The summed E-state index contributed by atoms with van der Waals surface area (Å²) in [6.45, 7) is 3.91. The van der Waals surface area contributed by atoms with Crippen molar-refractivity contribution in [3.05, 3.63) is 41.7 Å². The van der Waals surface area contributed by atoms with Gasteiger partial charge in [-0.25, -0.2) is 0 Å². The van der Waals surface area contributed by atoms with Crippen molar-refractivity contribution < 1.29 is 4.21 Å². The van der Waals surface area contributed by atoms with Crippen LogP contribution in [0.1, 0.15) is 42.4 Å². The Kier molecular flexibility index (Phi) is 3.22. The lowest BCUT2D eigenvalue weighted by molar-refractivity contribution is 0.613. The summed E-state index contributed by atoms with van der Waals surface area (Å²) >= 11 is 0. The molecule has 0 radical (unpaired) electrons. The molecule has 1 heterocycles. The lowest BCUT2D eigenvalue weighted by Gasteiger charge is -2.12. The van der Waals surface area contributed by atoms with Crippen LogP contribution in [-0.4, -0.2) is 19.0 Å². The molecule has 1 aliphatic carbocycles. The van der Waals surface area contributed by atoms with Gasteiger partial charge in [0, 0.05) is 6.04 Å². The Hall–Kier alpha value is -1.49. The molecule has 4 nitrogen and oxygen atoms in total. The van der Waals surface area contributed by atoms with E-state index in [0.29, 0.717) is 11.2 Å². The zero-order chi connectivity index (χ0) is 13.4. The van der Waals surface area contributed by atoms with Crippen LogP contribution >= 0.6 is 0 Å². The average molecular weight is 275 g/mol. The molecule has 0 N–H and O–H groups in total. The highest BCUT2D eigenvalue weighted by molar-refractivity contribution is 7.85. The molecule has 100 valence electrons. The summed E-state index contributed by atoms with van der Waals surface area (Å²) in [5, 5.41) is 8.79. The van der Waals surface area contributed by atoms with Crippen molar-refractivity contribution in [2.45, 2.75) is 43.1 Å². The van der Waals surface area contributed by atoms with E-state index in [1.54, 1.807) is 0 Å². The Morgan fingerprint density at radius 1 is 1.26 bits per heavy atom. The van der Waals surface area contributed by atoms with Crippen molar-refractivity contribution in [3.8, 4) is 0 Å². The minimum absolute atomic E-state index is 0.0673. The number of hydrogen-bond donors (Lipinski definition) is 0. The third-order valence-electron chi connectivity index (χ3n) is 3.52. The standard InChI is InChI=1S/C14H17N3OS/c1-10(12-6-4-3-5-7-12)19(18)14-16-15-11(2)17(14)13-8-9-13/h3-7,10,13H,8-9H2,1-2H3. The van der Waals surface area contributed by atoms with E-state index in [0.717, 1.165) is 24.2 Å². The van der Waals surface area contributed by atoms with Crippen molar-refractivity contribution in [1.29, 1.82) is 0 Å². The predicted molar refractivity (Wildman–Crippen MR) is 74.3 cm³/mol. The summed E-state index contributed by atoms with van der Waals surface area (Å²) in [4.78, 5) is 0. The van der Waals surface area contributed by atoms with Crippen LogP contribution in [0.15, 0.2) is 35.5 Å². The molecule has 0 bridgehead atoms. The van der Waals surface area contributed by atoms with Crippen molar-refractivity contribution >= 4 is 10.8 Å². The van der Waals surface area contributed by atoms with E-state index in [-0.39, 0.29) is 5.25 Å². The lowest BCUT2D eigenvalue weighted by Crippen LogP contribution is -2.10. The van der Waals surface area contributed by atoms with Crippen LogP contribution in [-0.2, 0) is 10.8 Å². The maximum atomic E-state index is 12.7. The van der Waals surface area contributed by atoms with Crippen molar-refractivity contribution in [2.75, 3.05) is 0 Å². The molecule has 0 spiro atoms. The van der Waals surface area contributed by atoms with E-state index in [2.05, 4.69) is 14.8 Å². The van der Waals surface area contributed by atoms with Gasteiger partial charge >= 0.3 is 0 Å². The Balaban J connectivity index is 1.92. The fourth-order valence-corrected chi connectivity index (χ4v) is 3.56. The quantitative estimate of drug-likeness (QED) is 0.862. The first kappa shape index (κ1) is 12.5. The molecule has 2 aromatic rings. The molecule has 0 amide bonds. The van der Waals surface area contributed by atoms with E-state index in [1.165, 1.54) is 0 Å². The van der Waals surface area contributed by atoms with Crippen molar-refractivity contribution in [3.63, 3.8) is 0 Å². The molecule has 2 unspecified atom stereocenters. The first-order valence-corrected chi connectivity index (χ1v) is 7.77. The van der Waals surface area contributed by atoms with E-state index in [9.17, 15) is 4.21 Å². The molecule has 2 atom stereocenters. The second-order valence-corrected chi connectivity index (χ2v) is 6.65. The van der Waals surface area contributed by atoms with Crippen molar-refractivity contribution in [1.82, 2.24) is 14.8 Å². The number of rotatable bonds is 4. The monoisotopic (exact) mass is 275 g/mol. The summed E-state index contributed by atoms with van der Waals surface area (Å²) in [5.41, 5.74) is 1.07. The molecule has 1 aliphatic rings. The molecule has 0 aliphatic heterocycles. The number of hydrogen-bond acceptors (Lipinski definition) is 3. The van der Waals surface area contributed by atoms with Crippen LogP contribution in [0.2, 0.25) is 0 Å². The summed E-state index contributed by atoms with van der Waals surface area (Å²) in [6.07, 6.45) is 2.28. The highest BCUT2D eigenvalue weighted by Gasteiger charge is 2.31. The van der Waals surface area contributed by atoms with Gasteiger partial charge in [0.2, 0.25) is 5.16 Å². The molecule has 5 heteroatoms. The predicted octanol–water partition coefficient (Wildman–Crippen LogP) is 2.79. The summed E-state index contributed by atoms with van der Waals surface area (Å²) in [5.74, 6) is 0.867. The average Bonchev–Trinajstić information content (AvgIpc) is 3.21. The third kappa shape index (κ3) is 2.34. The molecular weight excluding hydrogens is 258 g/mol.